The smallest absolute Gasteiger partial charge is 0.322 e. The van der Waals surface area contributed by atoms with Crippen LogP contribution in [0, 0.1) is 5.92 Å². The molecule has 0 spiro atoms. The van der Waals surface area contributed by atoms with Crippen LogP contribution in [0.1, 0.15) is 44.7 Å². The number of likely N-dealkylation sites (tertiary alicyclic amines) is 1. The van der Waals surface area contributed by atoms with Gasteiger partial charge in [0.15, 0.2) is 5.92 Å². The van der Waals surface area contributed by atoms with Crippen molar-refractivity contribution in [3.05, 3.63) is 34.9 Å². The van der Waals surface area contributed by atoms with Gasteiger partial charge < -0.3 is 9.47 Å². The fraction of sp³-hybridized carbons (Fsp3) is 0.579. The second kappa shape index (κ2) is 9.78. The molecule has 6 heteroatoms. The standard InChI is InChI=1S/C19H26ClNO4/c1-3-24-18(22)16(19(23)25-4-2)17(21-12-6-5-7-13-21)14-8-10-15(20)11-9-14/h8-11,16-17H,3-7,12-13H2,1-2H3/t17-/m0/s1. The van der Waals surface area contributed by atoms with Crippen molar-refractivity contribution >= 4 is 23.5 Å². The molecule has 1 aromatic carbocycles. The molecule has 5 nitrogen and oxygen atoms in total. The molecule has 138 valence electrons. The maximum Gasteiger partial charge on any atom is 0.322 e. The molecular formula is C19H26ClNO4. The van der Waals surface area contributed by atoms with Gasteiger partial charge in [-0.05, 0) is 57.5 Å². The highest BCUT2D eigenvalue weighted by atomic mass is 35.5. The van der Waals surface area contributed by atoms with Gasteiger partial charge in [-0.15, -0.1) is 0 Å². The normalized spacial score (nSPS) is 16.5. The predicted molar refractivity (Wildman–Crippen MR) is 96.4 cm³/mol. The van der Waals surface area contributed by atoms with E-state index < -0.39 is 23.9 Å². The molecule has 0 unspecified atom stereocenters. The van der Waals surface area contributed by atoms with E-state index in [2.05, 4.69) is 4.90 Å². The Bertz CT molecular complexity index is 551. The van der Waals surface area contributed by atoms with Crippen molar-refractivity contribution in [1.29, 1.82) is 0 Å². The molecule has 0 bridgehead atoms. The maximum atomic E-state index is 12.6. The van der Waals surface area contributed by atoms with Gasteiger partial charge in [0.2, 0.25) is 0 Å². The van der Waals surface area contributed by atoms with Crippen molar-refractivity contribution in [2.75, 3.05) is 26.3 Å². The summed E-state index contributed by atoms with van der Waals surface area (Å²) in [7, 11) is 0. The third-order valence-electron chi connectivity index (χ3n) is 4.39. The van der Waals surface area contributed by atoms with Crippen LogP contribution in [0.3, 0.4) is 0 Å². The topological polar surface area (TPSA) is 55.8 Å². The molecule has 0 amide bonds. The summed E-state index contributed by atoms with van der Waals surface area (Å²) < 4.78 is 10.4. The number of hydrogen-bond acceptors (Lipinski definition) is 5. The van der Waals surface area contributed by atoms with Crippen molar-refractivity contribution in [3.8, 4) is 0 Å². The molecule has 1 saturated heterocycles. The van der Waals surface area contributed by atoms with Gasteiger partial charge in [0, 0.05) is 5.02 Å². The van der Waals surface area contributed by atoms with Crippen LogP contribution >= 0.6 is 11.6 Å². The first-order valence-corrected chi connectivity index (χ1v) is 9.29. The summed E-state index contributed by atoms with van der Waals surface area (Å²) in [6, 6.07) is 6.89. The lowest BCUT2D eigenvalue weighted by Gasteiger charge is -2.37. The molecule has 2 rings (SSSR count). The third-order valence-corrected chi connectivity index (χ3v) is 4.64. The number of rotatable bonds is 7. The van der Waals surface area contributed by atoms with E-state index in [0.29, 0.717) is 5.02 Å². The summed E-state index contributed by atoms with van der Waals surface area (Å²) in [6.45, 7) is 5.59. The minimum Gasteiger partial charge on any atom is -0.465 e. The Morgan fingerprint density at radius 2 is 1.52 bits per heavy atom. The van der Waals surface area contributed by atoms with Crippen LogP contribution in [0.5, 0.6) is 0 Å². The van der Waals surface area contributed by atoms with Gasteiger partial charge in [0.1, 0.15) is 0 Å². The van der Waals surface area contributed by atoms with E-state index in [4.69, 9.17) is 21.1 Å². The van der Waals surface area contributed by atoms with Gasteiger partial charge in [-0.1, -0.05) is 30.2 Å². The summed E-state index contributed by atoms with van der Waals surface area (Å²) in [5.41, 5.74) is 0.873. The molecule has 1 aromatic rings. The van der Waals surface area contributed by atoms with Crippen LogP contribution in [0.2, 0.25) is 5.02 Å². The highest BCUT2D eigenvalue weighted by Crippen LogP contribution is 2.33. The molecular weight excluding hydrogens is 342 g/mol. The van der Waals surface area contributed by atoms with Gasteiger partial charge in [0.05, 0.1) is 19.3 Å². The molecule has 0 aliphatic carbocycles. The van der Waals surface area contributed by atoms with Crippen molar-refractivity contribution in [2.45, 2.75) is 39.2 Å². The number of carbonyl (C=O) groups excluding carboxylic acids is 2. The molecule has 1 atom stereocenters. The van der Waals surface area contributed by atoms with Crippen LogP contribution in [0.25, 0.3) is 0 Å². The van der Waals surface area contributed by atoms with E-state index in [9.17, 15) is 9.59 Å². The van der Waals surface area contributed by atoms with E-state index in [1.807, 2.05) is 12.1 Å². The number of esters is 2. The molecule has 1 heterocycles. The second-order valence-corrected chi connectivity index (χ2v) is 6.51. The zero-order valence-corrected chi connectivity index (χ0v) is 15.6. The summed E-state index contributed by atoms with van der Waals surface area (Å²) in [5, 5.41) is 0.616. The Labute approximate surface area is 154 Å². The average molecular weight is 368 g/mol. The predicted octanol–water partition coefficient (Wildman–Crippen LogP) is 3.61. The highest BCUT2D eigenvalue weighted by molar-refractivity contribution is 6.30. The molecule has 0 N–H and O–H groups in total. The lowest BCUT2D eigenvalue weighted by atomic mass is 9.89. The molecule has 1 fully saturated rings. The van der Waals surface area contributed by atoms with Crippen LogP contribution in [-0.2, 0) is 19.1 Å². The number of hydrogen-bond donors (Lipinski definition) is 0. The van der Waals surface area contributed by atoms with E-state index in [0.717, 1.165) is 37.9 Å². The minimum absolute atomic E-state index is 0.224. The van der Waals surface area contributed by atoms with Gasteiger partial charge in [-0.25, -0.2) is 0 Å². The zero-order chi connectivity index (χ0) is 18.2. The number of ether oxygens (including phenoxy) is 2. The Hall–Kier alpha value is -1.59. The molecule has 1 aliphatic rings. The Balaban J connectivity index is 2.41. The third kappa shape index (κ3) is 5.19. The van der Waals surface area contributed by atoms with Crippen molar-refractivity contribution in [3.63, 3.8) is 0 Å². The van der Waals surface area contributed by atoms with Crippen LogP contribution in [0.15, 0.2) is 24.3 Å². The van der Waals surface area contributed by atoms with Crippen LogP contribution in [0.4, 0.5) is 0 Å². The van der Waals surface area contributed by atoms with Gasteiger partial charge in [-0.3, -0.25) is 14.5 Å². The van der Waals surface area contributed by atoms with Crippen molar-refractivity contribution in [1.82, 2.24) is 4.90 Å². The van der Waals surface area contributed by atoms with Gasteiger partial charge in [-0.2, -0.15) is 0 Å². The van der Waals surface area contributed by atoms with Crippen LogP contribution in [-0.4, -0.2) is 43.1 Å². The number of carbonyl (C=O) groups is 2. The lowest BCUT2D eigenvalue weighted by Crippen LogP contribution is -2.44. The fourth-order valence-electron chi connectivity index (χ4n) is 3.29. The molecule has 0 saturated carbocycles. The quantitative estimate of drug-likeness (QED) is 0.544. The Kier molecular flexibility index (Phi) is 7.72. The van der Waals surface area contributed by atoms with E-state index in [1.54, 1.807) is 26.0 Å². The highest BCUT2D eigenvalue weighted by Gasteiger charge is 2.41. The van der Waals surface area contributed by atoms with Gasteiger partial charge in [0.25, 0.3) is 0 Å². The first-order chi connectivity index (χ1) is 12.1. The molecule has 0 aromatic heterocycles. The van der Waals surface area contributed by atoms with Crippen LogP contribution < -0.4 is 0 Å². The number of benzene rings is 1. The largest absolute Gasteiger partial charge is 0.465 e. The average Bonchev–Trinajstić information content (AvgIpc) is 2.61. The minimum atomic E-state index is -1.00. The summed E-state index contributed by atoms with van der Waals surface area (Å²) in [6.07, 6.45) is 3.25. The lowest BCUT2D eigenvalue weighted by molar-refractivity contribution is -0.165. The van der Waals surface area contributed by atoms with Crippen molar-refractivity contribution < 1.29 is 19.1 Å². The molecule has 25 heavy (non-hydrogen) atoms. The molecule has 0 radical (unpaired) electrons. The second-order valence-electron chi connectivity index (χ2n) is 6.07. The monoisotopic (exact) mass is 367 g/mol. The summed E-state index contributed by atoms with van der Waals surface area (Å²) in [5.74, 6) is -2.07. The Morgan fingerprint density at radius 3 is 2.00 bits per heavy atom. The number of nitrogens with zero attached hydrogens (tertiary/aromatic N) is 1. The maximum absolute atomic E-state index is 12.6. The Morgan fingerprint density at radius 1 is 1.00 bits per heavy atom. The number of piperidine rings is 1. The first-order valence-electron chi connectivity index (χ1n) is 8.91. The number of halogens is 1. The van der Waals surface area contributed by atoms with Gasteiger partial charge >= 0.3 is 11.9 Å². The first kappa shape index (κ1) is 19.7. The van der Waals surface area contributed by atoms with Crippen molar-refractivity contribution in [2.24, 2.45) is 5.92 Å². The van der Waals surface area contributed by atoms with E-state index in [-0.39, 0.29) is 13.2 Å². The SMILES string of the molecule is CCOC(=O)C(C(=O)OCC)[C@H](c1ccc(Cl)cc1)N1CCCCC1. The summed E-state index contributed by atoms with van der Waals surface area (Å²) in [4.78, 5) is 27.4. The molecule has 1 aliphatic heterocycles. The van der Waals surface area contributed by atoms with E-state index in [1.165, 1.54) is 0 Å². The fourth-order valence-corrected chi connectivity index (χ4v) is 3.41. The zero-order valence-electron chi connectivity index (χ0n) is 14.9. The summed E-state index contributed by atoms with van der Waals surface area (Å²) >= 11 is 6.01. The van der Waals surface area contributed by atoms with E-state index >= 15 is 0 Å².